The van der Waals surface area contributed by atoms with Crippen LogP contribution in [-0.2, 0) is 6.42 Å². The second-order valence-corrected chi connectivity index (χ2v) is 7.78. The Morgan fingerprint density at radius 1 is 0.962 bits per heavy atom. The minimum Gasteiger partial charge on any atom is -0.294 e. The number of hydrogen-bond donors (Lipinski definition) is 0. The molecule has 0 atom stereocenters. The first-order valence-corrected chi connectivity index (χ1v) is 9.13. The van der Waals surface area contributed by atoms with Gasteiger partial charge < -0.3 is 0 Å². The number of nitrogens with zero attached hydrogens (tertiary/aromatic N) is 1. The predicted molar refractivity (Wildman–Crippen MR) is 108 cm³/mol. The lowest BCUT2D eigenvalue weighted by atomic mass is 9.85. The maximum Gasteiger partial charge on any atom is 0.169 e. The van der Waals surface area contributed by atoms with Crippen molar-refractivity contribution in [2.75, 3.05) is 0 Å². The highest BCUT2D eigenvalue weighted by molar-refractivity contribution is 6.20. The molecule has 1 aliphatic rings. The smallest absolute Gasteiger partial charge is 0.169 e. The Balaban J connectivity index is 1.75. The maximum absolute atomic E-state index is 13.2. The lowest BCUT2D eigenvalue weighted by Crippen LogP contribution is -2.30. The molecule has 0 fully saturated rings. The molecular formula is C24H23NO. The van der Waals surface area contributed by atoms with Crippen molar-refractivity contribution in [2.24, 2.45) is 4.99 Å². The standard InChI is InChI=1S/C24H23NO/c1-16-12-13-21(20-11-7-6-9-18(16)20)23(26)14-22-19-10-5-4-8-17(19)15-24(2,3)25-22/h4-13H,14-15H2,1-3H3. The van der Waals surface area contributed by atoms with Crippen LogP contribution in [0, 0.1) is 6.92 Å². The van der Waals surface area contributed by atoms with Crippen LogP contribution in [0.5, 0.6) is 0 Å². The molecule has 0 aliphatic carbocycles. The van der Waals surface area contributed by atoms with Gasteiger partial charge in [-0.1, -0.05) is 60.7 Å². The van der Waals surface area contributed by atoms with E-state index in [1.807, 2.05) is 36.4 Å². The van der Waals surface area contributed by atoms with E-state index in [9.17, 15) is 4.79 Å². The molecule has 0 bridgehead atoms. The van der Waals surface area contributed by atoms with Crippen LogP contribution in [0.1, 0.15) is 47.3 Å². The molecule has 130 valence electrons. The number of carbonyl (C=O) groups excluding carboxylic acids is 1. The van der Waals surface area contributed by atoms with Crippen LogP contribution in [0.4, 0.5) is 0 Å². The van der Waals surface area contributed by atoms with E-state index >= 15 is 0 Å². The van der Waals surface area contributed by atoms with Crippen LogP contribution in [0.15, 0.2) is 65.7 Å². The van der Waals surface area contributed by atoms with Gasteiger partial charge in [0.15, 0.2) is 5.78 Å². The van der Waals surface area contributed by atoms with Crippen molar-refractivity contribution in [1.82, 2.24) is 0 Å². The zero-order valence-electron chi connectivity index (χ0n) is 15.5. The first-order chi connectivity index (χ1) is 12.4. The second-order valence-electron chi connectivity index (χ2n) is 7.78. The first kappa shape index (κ1) is 16.7. The summed E-state index contributed by atoms with van der Waals surface area (Å²) in [7, 11) is 0. The van der Waals surface area contributed by atoms with E-state index < -0.39 is 0 Å². The van der Waals surface area contributed by atoms with Crippen molar-refractivity contribution in [3.63, 3.8) is 0 Å². The van der Waals surface area contributed by atoms with Crippen LogP contribution in [0.2, 0.25) is 0 Å². The average molecular weight is 341 g/mol. The van der Waals surface area contributed by atoms with E-state index in [4.69, 9.17) is 4.99 Å². The Morgan fingerprint density at radius 3 is 2.46 bits per heavy atom. The van der Waals surface area contributed by atoms with E-state index in [2.05, 4.69) is 45.0 Å². The molecule has 0 saturated carbocycles. The van der Waals surface area contributed by atoms with Crippen LogP contribution in [0.25, 0.3) is 10.8 Å². The SMILES string of the molecule is Cc1ccc(C(=O)CC2=NC(C)(C)Cc3ccccc32)c2ccccc12. The highest BCUT2D eigenvalue weighted by atomic mass is 16.1. The van der Waals surface area contributed by atoms with E-state index in [1.165, 1.54) is 11.1 Å². The number of aryl methyl sites for hydroxylation is 1. The molecule has 2 nitrogen and oxygen atoms in total. The fourth-order valence-corrected chi connectivity index (χ4v) is 3.96. The van der Waals surface area contributed by atoms with Crippen molar-refractivity contribution in [1.29, 1.82) is 0 Å². The lowest BCUT2D eigenvalue weighted by Gasteiger charge is -2.29. The first-order valence-electron chi connectivity index (χ1n) is 9.13. The zero-order chi connectivity index (χ0) is 18.3. The number of aliphatic imine (C=N–C) groups is 1. The van der Waals surface area contributed by atoms with E-state index in [-0.39, 0.29) is 11.3 Å². The Hall–Kier alpha value is -2.74. The molecule has 0 N–H and O–H groups in total. The fourth-order valence-electron chi connectivity index (χ4n) is 3.96. The third-order valence-electron chi connectivity index (χ3n) is 5.16. The summed E-state index contributed by atoms with van der Waals surface area (Å²) in [5, 5.41) is 2.17. The van der Waals surface area contributed by atoms with Gasteiger partial charge in [-0.05, 0) is 54.7 Å². The molecule has 0 saturated heterocycles. The summed E-state index contributed by atoms with van der Waals surface area (Å²) in [4.78, 5) is 18.1. The van der Waals surface area contributed by atoms with Gasteiger partial charge in [0.2, 0.25) is 0 Å². The van der Waals surface area contributed by atoms with Crippen molar-refractivity contribution >= 4 is 22.3 Å². The van der Waals surface area contributed by atoms with Crippen LogP contribution < -0.4 is 0 Å². The van der Waals surface area contributed by atoms with Gasteiger partial charge in [0, 0.05) is 5.56 Å². The molecule has 3 aromatic rings. The van der Waals surface area contributed by atoms with E-state index in [0.717, 1.165) is 34.0 Å². The molecule has 0 amide bonds. The Labute approximate surface area is 154 Å². The molecule has 2 heteroatoms. The number of Topliss-reactive ketones (excluding diaryl/α,β-unsaturated/α-hetero) is 1. The molecule has 4 rings (SSSR count). The molecule has 1 heterocycles. The molecule has 0 unspecified atom stereocenters. The number of benzene rings is 3. The monoisotopic (exact) mass is 341 g/mol. The molecule has 3 aromatic carbocycles. The minimum atomic E-state index is -0.167. The quantitative estimate of drug-likeness (QED) is 0.575. The number of hydrogen-bond acceptors (Lipinski definition) is 2. The van der Waals surface area contributed by atoms with Gasteiger partial charge in [-0.25, -0.2) is 0 Å². The third-order valence-corrected chi connectivity index (χ3v) is 5.16. The Bertz CT molecular complexity index is 1040. The van der Waals surface area contributed by atoms with Gasteiger partial charge in [-0.3, -0.25) is 9.79 Å². The number of rotatable bonds is 3. The molecular weight excluding hydrogens is 318 g/mol. The normalized spacial score (nSPS) is 15.4. The van der Waals surface area contributed by atoms with Gasteiger partial charge in [0.1, 0.15) is 0 Å². The number of ketones is 1. The van der Waals surface area contributed by atoms with Crippen LogP contribution >= 0.6 is 0 Å². The molecule has 1 aliphatic heterocycles. The molecule has 0 aromatic heterocycles. The second kappa shape index (κ2) is 6.21. The van der Waals surface area contributed by atoms with Crippen LogP contribution in [0.3, 0.4) is 0 Å². The van der Waals surface area contributed by atoms with Gasteiger partial charge in [-0.2, -0.15) is 0 Å². The van der Waals surface area contributed by atoms with Gasteiger partial charge in [0.05, 0.1) is 17.7 Å². The molecule has 0 radical (unpaired) electrons. The largest absolute Gasteiger partial charge is 0.294 e. The highest BCUT2D eigenvalue weighted by Gasteiger charge is 2.27. The molecule has 26 heavy (non-hydrogen) atoms. The van der Waals surface area contributed by atoms with E-state index in [0.29, 0.717) is 6.42 Å². The predicted octanol–water partition coefficient (Wildman–Crippen LogP) is 5.55. The van der Waals surface area contributed by atoms with Crippen molar-refractivity contribution < 1.29 is 4.79 Å². The Kier molecular flexibility index (Phi) is 3.99. The summed E-state index contributed by atoms with van der Waals surface area (Å²) in [6.45, 7) is 6.35. The highest BCUT2D eigenvalue weighted by Crippen LogP contribution is 2.29. The summed E-state index contributed by atoms with van der Waals surface area (Å²) in [6.07, 6.45) is 1.25. The van der Waals surface area contributed by atoms with Crippen LogP contribution in [-0.4, -0.2) is 17.0 Å². The maximum atomic E-state index is 13.2. The summed E-state index contributed by atoms with van der Waals surface area (Å²) < 4.78 is 0. The summed E-state index contributed by atoms with van der Waals surface area (Å²) in [6, 6.07) is 20.5. The van der Waals surface area contributed by atoms with Crippen molar-refractivity contribution in [3.05, 3.63) is 82.9 Å². The molecule has 0 spiro atoms. The summed E-state index contributed by atoms with van der Waals surface area (Å²) in [5.41, 5.74) is 5.12. The third kappa shape index (κ3) is 2.96. The average Bonchev–Trinajstić information content (AvgIpc) is 2.61. The summed E-state index contributed by atoms with van der Waals surface area (Å²) in [5.74, 6) is 0.132. The number of carbonyl (C=O) groups is 1. The lowest BCUT2D eigenvalue weighted by molar-refractivity contribution is 0.100. The summed E-state index contributed by atoms with van der Waals surface area (Å²) >= 11 is 0. The minimum absolute atomic E-state index is 0.132. The van der Waals surface area contributed by atoms with Crippen molar-refractivity contribution in [2.45, 2.75) is 39.2 Å². The van der Waals surface area contributed by atoms with Crippen molar-refractivity contribution in [3.8, 4) is 0 Å². The topological polar surface area (TPSA) is 29.4 Å². The van der Waals surface area contributed by atoms with Gasteiger partial charge >= 0.3 is 0 Å². The number of fused-ring (bicyclic) bond motifs is 2. The van der Waals surface area contributed by atoms with Gasteiger partial charge in [0.25, 0.3) is 0 Å². The Morgan fingerprint density at radius 2 is 1.65 bits per heavy atom. The van der Waals surface area contributed by atoms with E-state index in [1.54, 1.807) is 0 Å². The van der Waals surface area contributed by atoms with Gasteiger partial charge in [-0.15, -0.1) is 0 Å². The zero-order valence-corrected chi connectivity index (χ0v) is 15.5. The fraction of sp³-hybridized carbons (Fsp3) is 0.250.